The molecule has 0 fully saturated rings. The fourth-order valence-corrected chi connectivity index (χ4v) is 3.87. The maximum Gasteiger partial charge on any atom is 0.230 e. The largest absolute Gasteiger partial charge is 0.360 e. The van der Waals surface area contributed by atoms with Crippen molar-refractivity contribution in [3.8, 4) is 0 Å². The number of aromatic nitrogens is 2. The first-order chi connectivity index (χ1) is 11.1. The Balaban J connectivity index is 1.85. The summed E-state index contributed by atoms with van der Waals surface area (Å²) >= 11 is 6.30. The van der Waals surface area contributed by atoms with Crippen LogP contribution < -0.4 is 10.6 Å². The maximum absolute atomic E-state index is 12.2. The third kappa shape index (κ3) is 5.78. The zero-order valence-electron chi connectivity index (χ0n) is 13.0. The van der Waals surface area contributed by atoms with Crippen molar-refractivity contribution in [1.29, 1.82) is 0 Å². The van der Waals surface area contributed by atoms with Crippen molar-refractivity contribution >= 4 is 50.1 Å². The van der Waals surface area contributed by atoms with Crippen LogP contribution in [0, 0.1) is 0 Å². The van der Waals surface area contributed by atoms with E-state index in [0.29, 0.717) is 5.75 Å². The van der Waals surface area contributed by atoms with Crippen molar-refractivity contribution in [2.45, 2.75) is 30.6 Å². The quantitative estimate of drug-likeness (QED) is 0.636. The molecule has 0 aliphatic heterocycles. The minimum atomic E-state index is 0.00460. The van der Waals surface area contributed by atoms with Crippen LogP contribution in [0.25, 0.3) is 0 Å². The second-order valence-corrected chi connectivity index (χ2v) is 7.89. The van der Waals surface area contributed by atoms with Crippen LogP contribution in [0.1, 0.15) is 31.9 Å². The summed E-state index contributed by atoms with van der Waals surface area (Å²) < 4.78 is 1.83. The van der Waals surface area contributed by atoms with Gasteiger partial charge in [0.05, 0.1) is 11.8 Å². The molecule has 0 bridgehead atoms. The van der Waals surface area contributed by atoms with Crippen LogP contribution in [-0.2, 0) is 4.79 Å². The average Bonchev–Trinajstić information content (AvgIpc) is 3.00. The van der Waals surface area contributed by atoms with Crippen molar-refractivity contribution in [2.75, 3.05) is 17.6 Å². The molecule has 0 saturated heterocycles. The van der Waals surface area contributed by atoms with E-state index in [1.54, 1.807) is 0 Å². The normalized spacial score (nSPS) is 12.0. The summed E-state index contributed by atoms with van der Waals surface area (Å²) in [5, 5.41) is 15.0. The van der Waals surface area contributed by atoms with E-state index in [2.05, 4.69) is 43.7 Å². The number of nitrogens with zero attached hydrogens (tertiary/aromatic N) is 2. The number of amides is 1. The summed E-state index contributed by atoms with van der Waals surface area (Å²) in [6.45, 7) is 4.88. The Bertz CT molecular complexity index is 633. The molecule has 0 radical (unpaired) electrons. The van der Waals surface area contributed by atoms with E-state index in [9.17, 15) is 4.79 Å². The standard InChI is InChI=1S/C15H19BrN4OS2/c1-3-12(10-5-7-11(16)8-6-10)18-13(21)9-22-15-20-19-14(23-15)17-4-2/h5-8,12H,3-4,9H2,1-2H3,(H,17,19)(H,18,21)/t12-/m0/s1. The number of carbonyl (C=O) groups is 1. The molecule has 0 saturated carbocycles. The molecule has 0 aliphatic rings. The number of anilines is 1. The highest BCUT2D eigenvalue weighted by Gasteiger charge is 2.14. The fourth-order valence-electron chi connectivity index (χ4n) is 1.97. The smallest absolute Gasteiger partial charge is 0.230 e. The molecular formula is C15H19BrN4OS2. The van der Waals surface area contributed by atoms with Gasteiger partial charge in [-0.25, -0.2) is 0 Å². The number of carbonyl (C=O) groups excluding carboxylic acids is 1. The Morgan fingerprint density at radius 2 is 2.04 bits per heavy atom. The number of hydrogen-bond acceptors (Lipinski definition) is 6. The van der Waals surface area contributed by atoms with E-state index in [4.69, 9.17) is 0 Å². The van der Waals surface area contributed by atoms with Gasteiger partial charge in [0.1, 0.15) is 0 Å². The molecule has 124 valence electrons. The Kier molecular flexibility index (Phi) is 7.32. The predicted molar refractivity (Wildman–Crippen MR) is 100 cm³/mol. The lowest BCUT2D eigenvalue weighted by Gasteiger charge is -2.17. The van der Waals surface area contributed by atoms with Crippen LogP contribution in [0.3, 0.4) is 0 Å². The van der Waals surface area contributed by atoms with E-state index in [0.717, 1.165) is 32.5 Å². The first kappa shape index (κ1) is 18.2. The summed E-state index contributed by atoms with van der Waals surface area (Å²) in [7, 11) is 0. The number of benzene rings is 1. The molecule has 0 aliphatic carbocycles. The van der Waals surface area contributed by atoms with Gasteiger partial charge >= 0.3 is 0 Å². The van der Waals surface area contributed by atoms with Crippen molar-refractivity contribution in [2.24, 2.45) is 0 Å². The predicted octanol–water partition coefficient (Wildman–Crippen LogP) is 4.09. The van der Waals surface area contributed by atoms with Crippen molar-refractivity contribution < 1.29 is 4.79 Å². The van der Waals surface area contributed by atoms with Gasteiger partial charge in [-0.05, 0) is 31.0 Å². The minimum Gasteiger partial charge on any atom is -0.360 e. The molecule has 0 unspecified atom stereocenters. The molecule has 23 heavy (non-hydrogen) atoms. The molecule has 0 spiro atoms. The number of rotatable bonds is 8. The summed E-state index contributed by atoms with van der Waals surface area (Å²) in [5.74, 6) is 0.346. The highest BCUT2D eigenvalue weighted by molar-refractivity contribution is 9.10. The molecule has 8 heteroatoms. The Morgan fingerprint density at radius 1 is 1.30 bits per heavy atom. The molecule has 1 aromatic heterocycles. The van der Waals surface area contributed by atoms with Crippen LogP contribution in [0.4, 0.5) is 5.13 Å². The molecule has 2 N–H and O–H groups in total. The van der Waals surface area contributed by atoms with Gasteiger partial charge < -0.3 is 10.6 Å². The average molecular weight is 415 g/mol. The molecule has 1 atom stereocenters. The third-order valence-corrected chi connectivity index (χ3v) is 5.62. The molecule has 2 rings (SSSR count). The van der Waals surface area contributed by atoms with Gasteiger partial charge in [-0.15, -0.1) is 10.2 Å². The van der Waals surface area contributed by atoms with Crippen LogP contribution in [0.5, 0.6) is 0 Å². The molecule has 1 amide bonds. The van der Waals surface area contributed by atoms with Gasteiger partial charge in [0, 0.05) is 11.0 Å². The first-order valence-corrected chi connectivity index (χ1v) is 9.96. The van der Waals surface area contributed by atoms with Gasteiger partial charge in [-0.2, -0.15) is 0 Å². The lowest BCUT2D eigenvalue weighted by Crippen LogP contribution is -2.29. The Morgan fingerprint density at radius 3 is 2.70 bits per heavy atom. The van der Waals surface area contributed by atoms with Crippen molar-refractivity contribution in [3.63, 3.8) is 0 Å². The molecular weight excluding hydrogens is 396 g/mol. The summed E-state index contributed by atoms with van der Waals surface area (Å²) in [5.41, 5.74) is 1.11. The number of thioether (sulfide) groups is 1. The van der Waals surface area contributed by atoms with Gasteiger partial charge in [0.15, 0.2) is 4.34 Å². The summed E-state index contributed by atoms with van der Waals surface area (Å²) in [6.07, 6.45) is 0.849. The first-order valence-electron chi connectivity index (χ1n) is 7.37. The van der Waals surface area contributed by atoms with E-state index >= 15 is 0 Å². The number of nitrogens with one attached hydrogen (secondary N) is 2. The van der Waals surface area contributed by atoms with E-state index in [1.165, 1.54) is 23.1 Å². The molecule has 2 aromatic rings. The third-order valence-electron chi connectivity index (χ3n) is 3.08. The highest BCUT2D eigenvalue weighted by atomic mass is 79.9. The van der Waals surface area contributed by atoms with Gasteiger partial charge in [0.2, 0.25) is 11.0 Å². The van der Waals surface area contributed by atoms with E-state index < -0.39 is 0 Å². The van der Waals surface area contributed by atoms with E-state index in [1.807, 2.05) is 31.2 Å². The fraction of sp³-hybridized carbons (Fsp3) is 0.400. The second kappa shape index (κ2) is 9.24. The molecule has 1 aromatic carbocycles. The van der Waals surface area contributed by atoms with Crippen molar-refractivity contribution in [1.82, 2.24) is 15.5 Å². The maximum atomic E-state index is 12.2. The topological polar surface area (TPSA) is 66.9 Å². The molecule has 1 heterocycles. The summed E-state index contributed by atoms with van der Waals surface area (Å²) in [6, 6.07) is 8.06. The van der Waals surface area contributed by atoms with Gasteiger partial charge in [-0.3, -0.25) is 4.79 Å². The second-order valence-electron chi connectivity index (χ2n) is 4.77. The van der Waals surface area contributed by atoms with Crippen LogP contribution >= 0.6 is 39.0 Å². The lowest BCUT2D eigenvalue weighted by molar-refractivity contribution is -0.119. The Labute approximate surface area is 152 Å². The SMILES string of the molecule is CCNc1nnc(SCC(=O)N[C@@H](CC)c2ccc(Br)cc2)s1. The lowest BCUT2D eigenvalue weighted by atomic mass is 10.0. The minimum absolute atomic E-state index is 0.00460. The number of hydrogen-bond donors (Lipinski definition) is 2. The highest BCUT2D eigenvalue weighted by Crippen LogP contribution is 2.25. The van der Waals surface area contributed by atoms with Crippen LogP contribution in [0.15, 0.2) is 33.1 Å². The number of halogens is 1. The zero-order chi connectivity index (χ0) is 16.7. The molecule has 5 nitrogen and oxygen atoms in total. The van der Waals surface area contributed by atoms with Crippen LogP contribution in [-0.4, -0.2) is 28.4 Å². The monoisotopic (exact) mass is 414 g/mol. The van der Waals surface area contributed by atoms with Crippen LogP contribution in [0.2, 0.25) is 0 Å². The van der Waals surface area contributed by atoms with Gasteiger partial charge in [0.25, 0.3) is 0 Å². The van der Waals surface area contributed by atoms with Gasteiger partial charge in [-0.1, -0.05) is 58.1 Å². The summed E-state index contributed by atoms with van der Waals surface area (Å²) in [4.78, 5) is 12.2. The van der Waals surface area contributed by atoms with Crippen molar-refractivity contribution in [3.05, 3.63) is 34.3 Å². The van der Waals surface area contributed by atoms with E-state index in [-0.39, 0.29) is 11.9 Å². The Hall–Kier alpha value is -1.12. The zero-order valence-corrected chi connectivity index (χ0v) is 16.2.